The molecule has 2 heterocycles. The Hall–Kier alpha value is -1.56. The summed E-state index contributed by atoms with van der Waals surface area (Å²) in [5.74, 6) is -0.326. The van der Waals surface area contributed by atoms with Gasteiger partial charge >= 0.3 is 6.03 Å². The first-order valence-corrected chi connectivity index (χ1v) is 7.39. The fourth-order valence-electron chi connectivity index (χ4n) is 2.23. The molecule has 1 aliphatic heterocycles. The molecule has 1 aliphatic rings. The largest absolute Gasteiger partial charge is 0.369 e. The highest BCUT2D eigenvalue weighted by molar-refractivity contribution is 7.09. The van der Waals surface area contributed by atoms with Crippen LogP contribution in [0.3, 0.4) is 0 Å². The molecule has 1 fully saturated rings. The Morgan fingerprint density at radius 1 is 1.42 bits per heavy atom. The maximum atomic E-state index is 11.9. The van der Waals surface area contributed by atoms with Gasteiger partial charge in [-0.15, -0.1) is 11.3 Å². The zero-order chi connectivity index (χ0) is 13.7. The minimum absolute atomic E-state index is 0.0422. The van der Waals surface area contributed by atoms with E-state index in [-0.39, 0.29) is 17.9 Å². The first kappa shape index (κ1) is 13.9. The summed E-state index contributed by atoms with van der Waals surface area (Å²) < 4.78 is 0. The van der Waals surface area contributed by atoms with E-state index in [1.54, 1.807) is 16.2 Å². The molecule has 1 aromatic heterocycles. The van der Waals surface area contributed by atoms with Crippen LogP contribution in [0.15, 0.2) is 17.5 Å². The summed E-state index contributed by atoms with van der Waals surface area (Å²) in [5, 5.41) is 4.95. The Morgan fingerprint density at radius 2 is 2.16 bits per heavy atom. The van der Waals surface area contributed by atoms with Gasteiger partial charge in [-0.2, -0.15) is 0 Å². The van der Waals surface area contributed by atoms with Crippen LogP contribution in [0.1, 0.15) is 17.7 Å². The van der Waals surface area contributed by atoms with Gasteiger partial charge in [0.1, 0.15) is 0 Å². The van der Waals surface area contributed by atoms with E-state index in [0.29, 0.717) is 32.5 Å². The van der Waals surface area contributed by atoms with Crippen molar-refractivity contribution in [1.29, 1.82) is 0 Å². The lowest BCUT2D eigenvalue weighted by molar-refractivity contribution is -0.123. The van der Waals surface area contributed by atoms with E-state index in [2.05, 4.69) is 11.4 Å². The van der Waals surface area contributed by atoms with Gasteiger partial charge in [-0.1, -0.05) is 6.07 Å². The van der Waals surface area contributed by atoms with E-state index in [1.165, 1.54) is 4.88 Å². The average molecular weight is 281 g/mol. The molecule has 0 spiro atoms. The first-order chi connectivity index (χ1) is 9.16. The molecule has 0 unspecified atom stereocenters. The maximum absolute atomic E-state index is 11.9. The van der Waals surface area contributed by atoms with Gasteiger partial charge in [0.15, 0.2) is 0 Å². The van der Waals surface area contributed by atoms with Crippen LogP contribution in [-0.4, -0.2) is 36.5 Å². The van der Waals surface area contributed by atoms with Gasteiger partial charge in [-0.3, -0.25) is 4.79 Å². The van der Waals surface area contributed by atoms with E-state index in [1.807, 2.05) is 11.4 Å². The smallest absolute Gasteiger partial charge is 0.317 e. The van der Waals surface area contributed by atoms with E-state index in [9.17, 15) is 9.59 Å². The van der Waals surface area contributed by atoms with Crippen LogP contribution in [0, 0.1) is 5.92 Å². The predicted octanol–water partition coefficient (Wildman–Crippen LogP) is 1.20. The van der Waals surface area contributed by atoms with Crippen molar-refractivity contribution in [3.8, 4) is 0 Å². The monoisotopic (exact) mass is 281 g/mol. The van der Waals surface area contributed by atoms with Crippen LogP contribution in [-0.2, 0) is 11.2 Å². The number of urea groups is 1. The Morgan fingerprint density at radius 3 is 2.74 bits per heavy atom. The van der Waals surface area contributed by atoms with Crippen molar-refractivity contribution >= 4 is 23.3 Å². The highest BCUT2D eigenvalue weighted by Gasteiger charge is 2.25. The lowest BCUT2D eigenvalue weighted by Crippen LogP contribution is -2.46. The molecular weight excluding hydrogens is 262 g/mol. The van der Waals surface area contributed by atoms with E-state index in [0.717, 1.165) is 6.42 Å². The van der Waals surface area contributed by atoms with Crippen LogP contribution < -0.4 is 11.1 Å². The van der Waals surface area contributed by atoms with Crippen molar-refractivity contribution < 1.29 is 9.59 Å². The number of thiophene rings is 1. The van der Waals surface area contributed by atoms with Gasteiger partial charge in [0, 0.05) is 30.4 Å². The normalized spacial score (nSPS) is 16.3. The summed E-state index contributed by atoms with van der Waals surface area (Å²) in [5.41, 5.74) is 5.27. The van der Waals surface area contributed by atoms with Gasteiger partial charge < -0.3 is 16.0 Å². The van der Waals surface area contributed by atoms with Crippen molar-refractivity contribution in [2.24, 2.45) is 11.7 Å². The Kier molecular flexibility index (Phi) is 4.79. The van der Waals surface area contributed by atoms with Gasteiger partial charge in [0.2, 0.25) is 5.91 Å². The van der Waals surface area contributed by atoms with Gasteiger partial charge in [0.25, 0.3) is 0 Å². The fraction of sp³-hybridized carbons (Fsp3) is 0.538. The molecule has 5 nitrogen and oxygen atoms in total. The van der Waals surface area contributed by atoms with Crippen molar-refractivity contribution in [1.82, 2.24) is 10.2 Å². The number of nitrogens with two attached hydrogens (primary N) is 1. The number of nitrogens with zero attached hydrogens (tertiary/aromatic N) is 1. The van der Waals surface area contributed by atoms with Crippen LogP contribution in [0.4, 0.5) is 4.79 Å². The number of nitrogens with one attached hydrogen (secondary N) is 1. The van der Waals surface area contributed by atoms with Crippen molar-refractivity contribution in [3.05, 3.63) is 22.4 Å². The molecule has 0 bridgehead atoms. The molecule has 19 heavy (non-hydrogen) atoms. The molecule has 0 aliphatic carbocycles. The third kappa shape index (κ3) is 3.96. The van der Waals surface area contributed by atoms with Crippen molar-refractivity contribution in [2.45, 2.75) is 19.3 Å². The molecule has 1 aromatic rings. The molecule has 3 amide bonds. The number of likely N-dealkylation sites (tertiary alicyclic amines) is 1. The zero-order valence-electron chi connectivity index (χ0n) is 10.8. The Balaban J connectivity index is 1.68. The molecule has 0 saturated carbocycles. The SMILES string of the molecule is NC(=O)C1CCN(C(=O)NCCc2cccs2)CC1. The number of carbonyl (C=O) groups excluding carboxylic acids is 2. The van der Waals surface area contributed by atoms with E-state index in [4.69, 9.17) is 5.73 Å². The molecule has 2 rings (SSSR count). The standard InChI is InChI=1S/C13H19N3O2S/c14-12(17)10-4-7-16(8-5-10)13(18)15-6-3-11-2-1-9-19-11/h1-2,9-10H,3-8H2,(H2,14,17)(H,15,18). The second-order valence-corrected chi connectivity index (χ2v) is 5.76. The lowest BCUT2D eigenvalue weighted by atomic mass is 9.96. The minimum atomic E-state index is -0.252. The van der Waals surface area contributed by atoms with Crippen molar-refractivity contribution in [2.75, 3.05) is 19.6 Å². The number of hydrogen-bond acceptors (Lipinski definition) is 3. The Labute approximate surface area is 116 Å². The van der Waals surface area contributed by atoms with Crippen LogP contribution >= 0.6 is 11.3 Å². The van der Waals surface area contributed by atoms with Crippen LogP contribution in [0.5, 0.6) is 0 Å². The summed E-state index contributed by atoms with van der Waals surface area (Å²) >= 11 is 1.70. The van der Waals surface area contributed by atoms with Gasteiger partial charge in [0.05, 0.1) is 0 Å². The highest BCUT2D eigenvalue weighted by Crippen LogP contribution is 2.16. The molecule has 3 N–H and O–H groups in total. The third-order valence-corrected chi connectivity index (χ3v) is 4.35. The van der Waals surface area contributed by atoms with Crippen LogP contribution in [0.25, 0.3) is 0 Å². The molecule has 6 heteroatoms. The molecular formula is C13H19N3O2S. The Bertz CT molecular complexity index is 425. The summed E-state index contributed by atoms with van der Waals surface area (Å²) in [6.45, 7) is 1.87. The van der Waals surface area contributed by atoms with Crippen molar-refractivity contribution in [3.63, 3.8) is 0 Å². The molecule has 0 atom stereocenters. The maximum Gasteiger partial charge on any atom is 0.317 e. The number of piperidine rings is 1. The second-order valence-electron chi connectivity index (χ2n) is 4.72. The number of rotatable bonds is 4. The van der Waals surface area contributed by atoms with E-state index >= 15 is 0 Å². The number of amides is 3. The number of hydrogen-bond donors (Lipinski definition) is 2. The topological polar surface area (TPSA) is 75.4 Å². The summed E-state index contributed by atoms with van der Waals surface area (Å²) in [6, 6.07) is 4.03. The molecule has 1 saturated heterocycles. The first-order valence-electron chi connectivity index (χ1n) is 6.51. The second kappa shape index (κ2) is 6.56. The molecule has 0 aromatic carbocycles. The molecule has 0 radical (unpaired) electrons. The van der Waals surface area contributed by atoms with Gasteiger partial charge in [-0.05, 0) is 30.7 Å². The lowest BCUT2D eigenvalue weighted by Gasteiger charge is -2.30. The summed E-state index contributed by atoms with van der Waals surface area (Å²) in [4.78, 5) is 26.0. The number of carbonyl (C=O) groups is 2. The van der Waals surface area contributed by atoms with Gasteiger partial charge in [-0.25, -0.2) is 4.79 Å². The minimum Gasteiger partial charge on any atom is -0.369 e. The number of primary amides is 1. The zero-order valence-corrected chi connectivity index (χ0v) is 11.6. The average Bonchev–Trinajstić information content (AvgIpc) is 2.92. The summed E-state index contributed by atoms with van der Waals surface area (Å²) in [6.07, 6.45) is 2.21. The predicted molar refractivity (Wildman–Crippen MR) is 74.9 cm³/mol. The quantitative estimate of drug-likeness (QED) is 0.870. The van der Waals surface area contributed by atoms with E-state index < -0.39 is 0 Å². The fourth-order valence-corrected chi connectivity index (χ4v) is 2.94. The third-order valence-electron chi connectivity index (χ3n) is 3.41. The molecule has 104 valence electrons. The highest BCUT2D eigenvalue weighted by atomic mass is 32.1. The summed E-state index contributed by atoms with van der Waals surface area (Å²) in [7, 11) is 0. The van der Waals surface area contributed by atoms with Crippen LogP contribution in [0.2, 0.25) is 0 Å².